The van der Waals surface area contributed by atoms with E-state index in [-0.39, 0.29) is 0 Å². The molecule has 2 rings (SSSR count). The predicted molar refractivity (Wildman–Crippen MR) is 77.8 cm³/mol. The Morgan fingerprint density at radius 2 is 1.83 bits per heavy atom. The highest BCUT2D eigenvalue weighted by Gasteiger charge is 2.04. The van der Waals surface area contributed by atoms with E-state index in [4.69, 9.17) is 16.2 Å². The zero-order chi connectivity index (χ0) is 13.0. The highest BCUT2D eigenvalue weighted by atomic mass is 32.2. The fourth-order valence-corrected chi connectivity index (χ4v) is 2.60. The van der Waals surface area contributed by atoms with Crippen LogP contribution >= 0.6 is 11.8 Å². The Hall–Kier alpha value is -1.81. The van der Waals surface area contributed by atoms with Crippen molar-refractivity contribution in [1.29, 1.82) is 0 Å². The number of nitrogen functional groups attached to an aromatic ring is 2. The van der Waals surface area contributed by atoms with E-state index in [1.54, 1.807) is 18.9 Å². The predicted octanol–water partition coefficient (Wildman–Crippen LogP) is 3.15. The summed E-state index contributed by atoms with van der Waals surface area (Å²) in [5.41, 5.74) is 14.2. The second kappa shape index (κ2) is 5.69. The number of thioether (sulfide) groups is 1. The third-order valence-electron chi connectivity index (χ3n) is 2.53. The Labute approximate surface area is 111 Å². The second-order valence-corrected chi connectivity index (χ2v) is 4.96. The van der Waals surface area contributed by atoms with Crippen molar-refractivity contribution in [2.24, 2.45) is 0 Å². The highest BCUT2D eigenvalue weighted by Crippen LogP contribution is 2.33. The molecule has 3 nitrogen and oxygen atoms in total. The Morgan fingerprint density at radius 3 is 2.56 bits per heavy atom. The maximum absolute atomic E-state index is 5.75. The molecule has 0 heterocycles. The van der Waals surface area contributed by atoms with Crippen molar-refractivity contribution in [3.8, 4) is 5.75 Å². The third kappa shape index (κ3) is 3.11. The van der Waals surface area contributed by atoms with Crippen molar-refractivity contribution in [2.45, 2.75) is 10.6 Å². The van der Waals surface area contributed by atoms with E-state index >= 15 is 0 Å². The number of benzene rings is 2. The average Bonchev–Trinajstić information content (AvgIpc) is 2.37. The van der Waals surface area contributed by atoms with E-state index in [0.717, 1.165) is 22.1 Å². The molecule has 0 aliphatic heterocycles. The van der Waals surface area contributed by atoms with Crippen LogP contribution in [0.3, 0.4) is 0 Å². The largest absolute Gasteiger partial charge is 0.496 e. The Morgan fingerprint density at radius 1 is 1.06 bits per heavy atom. The lowest BCUT2D eigenvalue weighted by Gasteiger charge is -2.09. The van der Waals surface area contributed by atoms with Crippen molar-refractivity contribution in [2.75, 3.05) is 18.6 Å². The topological polar surface area (TPSA) is 61.3 Å². The zero-order valence-corrected chi connectivity index (χ0v) is 11.0. The van der Waals surface area contributed by atoms with E-state index in [0.29, 0.717) is 5.69 Å². The lowest BCUT2D eigenvalue weighted by Crippen LogP contribution is -1.91. The summed E-state index contributed by atoms with van der Waals surface area (Å²) in [5.74, 6) is 1.66. The molecule has 4 N–H and O–H groups in total. The first-order valence-corrected chi connectivity index (χ1v) is 6.58. The van der Waals surface area contributed by atoms with E-state index in [1.807, 2.05) is 36.4 Å². The highest BCUT2D eigenvalue weighted by molar-refractivity contribution is 7.98. The third-order valence-corrected chi connectivity index (χ3v) is 3.66. The smallest absolute Gasteiger partial charge is 0.134 e. The van der Waals surface area contributed by atoms with Crippen molar-refractivity contribution < 1.29 is 4.74 Å². The van der Waals surface area contributed by atoms with Gasteiger partial charge in [-0.1, -0.05) is 12.1 Å². The molecular formula is C14H16N2OS. The monoisotopic (exact) mass is 260 g/mol. The summed E-state index contributed by atoms with van der Waals surface area (Å²) in [6, 6.07) is 13.6. The summed E-state index contributed by atoms with van der Waals surface area (Å²) < 4.78 is 5.31. The van der Waals surface area contributed by atoms with Gasteiger partial charge >= 0.3 is 0 Å². The molecule has 18 heavy (non-hydrogen) atoms. The molecule has 0 radical (unpaired) electrons. The summed E-state index contributed by atoms with van der Waals surface area (Å²) in [4.78, 5) is 1.08. The fourth-order valence-electron chi connectivity index (χ4n) is 1.65. The summed E-state index contributed by atoms with van der Waals surface area (Å²) in [6.07, 6.45) is 0. The number of nitrogens with two attached hydrogens (primary N) is 2. The number of anilines is 2. The van der Waals surface area contributed by atoms with Gasteiger partial charge in [-0.25, -0.2) is 0 Å². The lowest BCUT2D eigenvalue weighted by molar-refractivity contribution is 0.405. The lowest BCUT2D eigenvalue weighted by atomic mass is 10.2. The Kier molecular flexibility index (Phi) is 3.99. The van der Waals surface area contributed by atoms with Crippen molar-refractivity contribution >= 4 is 23.1 Å². The Balaban J connectivity index is 2.10. The molecule has 0 atom stereocenters. The number of hydrogen-bond donors (Lipinski definition) is 2. The van der Waals surface area contributed by atoms with Gasteiger partial charge in [0.25, 0.3) is 0 Å². The molecule has 94 valence electrons. The molecule has 0 bridgehead atoms. The van der Waals surface area contributed by atoms with Crippen LogP contribution in [0.5, 0.6) is 5.75 Å². The molecular weight excluding hydrogens is 244 g/mol. The summed E-state index contributed by atoms with van der Waals surface area (Å²) in [5, 5.41) is 0. The van der Waals surface area contributed by atoms with Crippen LogP contribution in [0, 0.1) is 0 Å². The molecule has 0 aliphatic rings. The standard InChI is InChI=1S/C14H16N2OS/c1-17-13-8-12(16)5-6-14(13)18-9-10-3-2-4-11(15)7-10/h2-8H,9,15-16H2,1H3. The molecule has 4 heteroatoms. The molecule has 0 unspecified atom stereocenters. The van der Waals surface area contributed by atoms with E-state index < -0.39 is 0 Å². The summed E-state index contributed by atoms with van der Waals surface area (Å²) in [7, 11) is 1.65. The maximum Gasteiger partial charge on any atom is 0.134 e. The number of rotatable bonds is 4. The first kappa shape index (κ1) is 12.6. The summed E-state index contributed by atoms with van der Waals surface area (Å²) in [6.45, 7) is 0. The molecule has 0 saturated carbocycles. The molecule has 0 aromatic heterocycles. The minimum Gasteiger partial charge on any atom is -0.496 e. The molecule has 0 saturated heterocycles. The van der Waals surface area contributed by atoms with E-state index in [9.17, 15) is 0 Å². The zero-order valence-electron chi connectivity index (χ0n) is 10.2. The van der Waals surface area contributed by atoms with Gasteiger partial charge in [-0.2, -0.15) is 0 Å². The SMILES string of the molecule is COc1cc(N)ccc1SCc1cccc(N)c1. The maximum atomic E-state index is 5.75. The van der Waals surface area contributed by atoms with Gasteiger partial charge in [0.15, 0.2) is 0 Å². The first-order valence-electron chi connectivity index (χ1n) is 5.60. The van der Waals surface area contributed by atoms with Gasteiger partial charge < -0.3 is 16.2 Å². The fraction of sp³-hybridized carbons (Fsp3) is 0.143. The van der Waals surface area contributed by atoms with Crippen LogP contribution in [0.15, 0.2) is 47.4 Å². The minimum atomic E-state index is 0.708. The van der Waals surface area contributed by atoms with Crippen LogP contribution < -0.4 is 16.2 Å². The van der Waals surface area contributed by atoms with Crippen molar-refractivity contribution in [3.63, 3.8) is 0 Å². The summed E-state index contributed by atoms with van der Waals surface area (Å²) >= 11 is 1.71. The number of ether oxygens (including phenoxy) is 1. The van der Waals surface area contributed by atoms with Gasteiger partial charge in [-0.05, 0) is 29.8 Å². The van der Waals surface area contributed by atoms with Crippen LogP contribution in [-0.4, -0.2) is 7.11 Å². The Bertz CT molecular complexity index is 543. The van der Waals surface area contributed by atoms with Gasteiger partial charge in [-0.15, -0.1) is 11.8 Å². The van der Waals surface area contributed by atoms with E-state index in [2.05, 4.69) is 6.07 Å². The van der Waals surface area contributed by atoms with Crippen LogP contribution in [0.2, 0.25) is 0 Å². The average molecular weight is 260 g/mol. The number of methoxy groups -OCH3 is 1. The normalized spacial score (nSPS) is 10.3. The van der Waals surface area contributed by atoms with Crippen LogP contribution in [-0.2, 0) is 5.75 Å². The first-order chi connectivity index (χ1) is 8.69. The van der Waals surface area contributed by atoms with Crippen LogP contribution in [0.4, 0.5) is 11.4 Å². The van der Waals surface area contributed by atoms with Gasteiger partial charge in [-0.3, -0.25) is 0 Å². The molecule has 0 amide bonds. The molecule has 0 fully saturated rings. The van der Waals surface area contributed by atoms with Crippen molar-refractivity contribution in [3.05, 3.63) is 48.0 Å². The van der Waals surface area contributed by atoms with Crippen LogP contribution in [0.1, 0.15) is 5.56 Å². The quantitative estimate of drug-likeness (QED) is 0.655. The molecule has 0 aliphatic carbocycles. The van der Waals surface area contributed by atoms with Crippen molar-refractivity contribution in [1.82, 2.24) is 0 Å². The van der Waals surface area contributed by atoms with Crippen LogP contribution in [0.25, 0.3) is 0 Å². The number of hydrogen-bond acceptors (Lipinski definition) is 4. The van der Waals surface area contributed by atoms with E-state index in [1.165, 1.54) is 5.56 Å². The molecule has 2 aromatic carbocycles. The van der Waals surface area contributed by atoms with Gasteiger partial charge in [0.1, 0.15) is 5.75 Å². The van der Waals surface area contributed by atoms with Gasteiger partial charge in [0, 0.05) is 28.1 Å². The van der Waals surface area contributed by atoms with Gasteiger partial charge in [0.05, 0.1) is 7.11 Å². The van der Waals surface area contributed by atoms with Gasteiger partial charge in [0.2, 0.25) is 0 Å². The second-order valence-electron chi connectivity index (χ2n) is 3.94. The minimum absolute atomic E-state index is 0.708. The molecule has 2 aromatic rings. The molecule has 0 spiro atoms.